The second-order valence-electron chi connectivity index (χ2n) is 7.10. The fraction of sp³-hybridized carbons (Fsp3) is 0.429. The number of aliphatic hydroxyl groups is 1. The Bertz CT molecular complexity index is 679. The van der Waals surface area contributed by atoms with E-state index in [1.165, 1.54) is 11.1 Å². The van der Waals surface area contributed by atoms with E-state index in [1.54, 1.807) is 0 Å². The molecule has 1 heterocycles. The van der Waals surface area contributed by atoms with Crippen LogP contribution in [0.25, 0.3) is 0 Å². The molecule has 0 saturated heterocycles. The molecule has 0 saturated carbocycles. The zero-order valence-electron chi connectivity index (χ0n) is 14.8. The minimum absolute atomic E-state index is 0.207. The lowest BCUT2D eigenvalue weighted by Crippen LogP contribution is -2.25. The zero-order valence-corrected chi connectivity index (χ0v) is 14.8. The molecule has 1 atom stereocenters. The smallest absolute Gasteiger partial charge is 0.123 e. The lowest BCUT2D eigenvalue weighted by atomic mass is 9.97. The summed E-state index contributed by atoms with van der Waals surface area (Å²) in [6.45, 7) is 9.56. The Morgan fingerprint density at radius 2 is 1.88 bits per heavy atom. The van der Waals surface area contributed by atoms with E-state index in [0.29, 0.717) is 6.61 Å². The summed E-state index contributed by atoms with van der Waals surface area (Å²) in [5, 5.41) is 10.3. The van der Waals surface area contributed by atoms with Gasteiger partial charge in [0.1, 0.15) is 12.4 Å². The van der Waals surface area contributed by atoms with Crippen LogP contribution >= 0.6 is 0 Å². The van der Waals surface area contributed by atoms with Gasteiger partial charge < -0.3 is 9.84 Å². The summed E-state index contributed by atoms with van der Waals surface area (Å²) in [5.41, 5.74) is 4.75. The van der Waals surface area contributed by atoms with Crippen LogP contribution < -0.4 is 4.74 Å². The highest BCUT2D eigenvalue weighted by Gasteiger charge is 2.19. The van der Waals surface area contributed by atoms with Crippen molar-refractivity contribution < 1.29 is 9.84 Å². The van der Waals surface area contributed by atoms with E-state index in [1.807, 2.05) is 26.0 Å². The van der Waals surface area contributed by atoms with Crippen molar-refractivity contribution in [3.63, 3.8) is 0 Å². The Kier molecular flexibility index (Phi) is 5.22. The van der Waals surface area contributed by atoms with Crippen molar-refractivity contribution in [1.82, 2.24) is 4.90 Å². The van der Waals surface area contributed by atoms with E-state index in [4.69, 9.17) is 4.74 Å². The first kappa shape index (κ1) is 17.0. The van der Waals surface area contributed by atoms with Crippen LogP contribution in [0.4, 0.5) is 0 Å². The average Bonchev–Trinajstić information content (AvgIpc) is 2.77. The number of benzene rings is 2. The number of ether oxygens (including phenoxy) is 1. The van der Waals surface area contributed by atoms with E-state index in [0.717, 1.165) is 36.5 Å². The predicted octanol–water partition coefficient (Wildman–Crippen LogP) is 4.08. The lowest BCUT2D eigenvalue weighted by molar-refractivity contribution is 0.126. The zero-order chi connectivity index (χ0) is 17.1. The Morgan fingerprint density at radius 1 is 1.12 bits per heavy atom. The van der Waals surface area contributed by atoms with Gasteiger partial charge in [-0.1, -0.05) is 49.7 Å². The average molecular weight is 325 g/mol. The van der Waals surface area contributed by atoms with Crippen LogP contribution in [0, 0.1) is 12.8 Å². The summed E-state index contributed by atoms with van der Waals surface area (Å²) >= 11 is 0. The molecule has 0 spiro atoms. The second-order valence-corrected chi connectivity index (χ2v) is 7.10. The molecule has 128 valence electrons. The number of nitrogens with zero attached hydrogens (tertiary/aromatic N) is 1. The first-order chi connectivity index (χ1) is 11.5. The fourth-order valence-electron chi connectivity index (χ4n) is 3.12. The highest BCUT2D eigenvalue weighted by molar-refractivity contribution is 5.39. The Labute approximate surface area is 144 Å². The van der Waals surface area contributed by atoms with Gasteiger partial charge in [0, 0.05) is 25.2 Å². The molecule has 0 fully saturated rings. The van der Waals surface area contributed by atoms with E-state index < -0.39 is 6.10 Å². The molecule has 0 aliphatic carbocycles. The van der Waals surface area contributed by atoms with Gasteiger partial charge in [0.2, 0.25) is 0 Å². The molecule has 1 aliphatic rings. The van der Waals surface area contributed by atoms with Crippen LogP contribution in [0.5, 0.6) is 5.75 Å². The third-order valence-electron chi connectivity index (χ3n) is 4.64. The quantitative estimate of drug-likeness (QED) is 0.919. The molecule has 2 aromatic carbocycles. The molecule has 0 amide bonds. The first-order valence-electron chi connectivity index (χ1n) is 8.74. The molecule has 1 aliphatic heterocycles. The second kappa shape index (κ2) is 7.37. The van der Waals surface area contributed by atoms with Crippen LogP contribution in [0.1, 0.15) is 42.2 Å². The van der Waals surface area contributed by atoms with Gasteiger partial charge in [-0.2, -0.15) is 0 Å². The van der Waals surface area contributed by atoms with Gasteiger partial charge in [-0.05, 0) is 36.1 Å². The van der Waals surface area contributed by atoms with Gasteiger partial charge in [0.25, 0.3) is 0 Å². The maximum Gasteiger partial charge on any atom is 0.123 e. The SMILES string of the molecule is Cc1ccc(CN2CCOc3ccc([C@H](O)C(C)C)cc3C2)cc1. The van der Waals surface area contributed by atoms with Crippen molar-refractivity contribution in [3.05, 3.63) is 64.7 Å². The standard InChI is InChI=1S/C21H27NO2/c1-15(2)21(23)18-8-9-20-19(12-18)14-22(10-11-24-20)13-17-6-4-16(3)5-7-17/h4-9,12,15,21,23H,10-11,13-14H2,1-3H3/t21-/m1/s1. The normalized spacial score (nSPS) is 16.4. The number of fused-ring (bicyclic) bond motifs is 1. The van der Waals surface area contributed by atoms with Gasteiger partial charge in [-0.25, -0.2) is 0 Å². The van der Waals surface area contributed by atoms with Crippen LogP contribution in [0.15, 0.2) is 42.5 Å². The third kappa shape index (κ3) is 3.97. The maximum atomic E-state index is 10.3. The van der Waals surface area contributed by atoms with E-state index in [2.05, 4.69) is 42.2 Å². The Morgan fingerprint density at radius 3 is 2.58 bits per heavy atom. The largest absolute Gasteiger partial charge is 0.492 e. The molecule has 24 heavy (non-hydrogen) atoms. The monoisotopic (exact) mass is 325 g/mol. The molecular weight excluding hydrogens is 298 g/mol. The molecule has 2 aromatic rings. The molecule has 0 radical (unpaired) electrons. The van der Waals surface area contributed by atoms with Crippen molar-refractivity contribution in [2.75, 3.05) is 13.2 Å². The van der Waals surface area contributed by atoms with Crippen LogP contribution in [-0.2, 0) is 13.1 Å². The number of hydrogen-bond acceptors (Lipinski definition) is 3. The predicted molar refractivity (Wildman–Crippen MR) is 97.0 cm³/mol. The summed E-state index contributed by atoms with van der Waals surface area (Å²) in [4.78, 5) is 2.40. The van der Waals surface area contributed by atoms with E-state index in [-0.39, 0.29) is 5.92 Å². The van der Waals surface area contributed by atoms with Gasteiger partial charge in [0.15, 0.2) is 0 Å². The van der Waals surface area contributed by atoms with Crippen molar-refractivity contribution in [3.8, 4) is 5.75 Å². The summed E-state index contributed by atoms with van der Waals surface area (Å²) in [5.74, 6) is 1.15. The van der Waals surface area contributed by atoms with Crippen molar-refractivity contribution >= 4 is 0 Å². The molecule has 0 bridgehead atoms. The van der Waals surface area contributed by atoms with Gasteiger partial charge in [-0.15, -0.1) is 0 Å². The molecule has 3 heteroatoms. The van der Waals surface area contributed by atoms with Gasteiger partial charge in [0.05, 0.1) is 6.10 Å². The van der Waals surface area contributed by atoms with E-state index >= 15 is 0 Å². The maximum absolute atomic E-state index is 10.3. The van der Waals surface area contributed by atoms with Crippen LogP contribution in [0.2, 0.25) is 0 Å². The Hall–Kier alpha value is -1.84. The summed E-state index contributed by atoms with van der Waals surface area (Å²) < 4.78 is 5.91. The number of hydrogen-bond donors (Lipinski definition) is 1. The minimum atomic E-state index is -0.427. The topological polar surface area (TPSA) is 32.7 Å². The molecular formula is C21H27NO2. The third-order valence-corrected chi connectivity index (χ3v) is 4.64. The first-order valence-corrected chi connectivity index (χ1v) is 8.74. The number of aryl methyl sites for hydroxylation is 1. The van der Waals surface area contributed by atoms with Crippen molar-refractivity contribution in [2.45, 2.75) is 40.0 Å². The highest BCUT2D eigenvalue weighted by atomic mass is 16.5. The fourth-order valence-corrected chi connectivity index (χ4v) is 3.12. The molecule has 0 aromatic heterocycles. The summed E-state index contributed by atoms with van der Waals surface area (Å²) in [7, 11) is 0. The highest BCUT2D eigenvalue weighted by Crippen LogP contribution is 2.29. The molecule has 1 N–H and O–H groups in total. The Balaban J connectivity index is 1.78. The molecule has 3 nitrogen and oxygen atoms in total. The van der Waals surface area contributed by atoms with Crippen molar-refractivity contribution in [2.24, 2.45) is 5.92 Å². The van der Waals surface area contributed by atoms with E-state index in [9.17, 15) is 5.11 Å². The molecule has 0 unspecified atom stereocenters. The number of aliphatic hydroxyl groups excluding tert-OH is 1. The minimum Gasteiger partial charge on any atom is -0.492 e. The number of rotatable bonds is 4. The van der Waals surface area contributed by atoms with Gasteiger partial charge in [-0.3, -0.25) is 4.90 Å². The van der Waals surface area contributed by atoms with Crippen molar-refractivity contribution in [1.29, 1.82) is 0 Å². The van der Waals surface area contributed by atoms with Crippen LogP contribution in [0.3, 0.4) is 0 Å². The van der Waals surface area contributed by atoms with Crippen LogP contribution in [-0.4, -0.2) is 23.2 Å². The summed E-state index contributed by atoms with van der Waals surface area (Å²) in [6.07, 6.45) is -0.427. The summed E-state index contributed by atoms with van der Waals surface area (Å²) in [6, 6.07) is 14.8. The molecule has 3 rings (SSSR count). The lowest BCUT2D eigenvalue weighted by Gasteiger charge is -2.20. The van der Waals surface area contributed by atoms with Gasteiger partial charge >= 0.3 is 0 Å².